The number of hydrogen-bond acceptors (Lipinski definition) is 3. The van der Waals surface area contributed by atoms with Gasteiger partial charge in [0.2, 0.25) is 5.91 Å². The third-order valence-corrected chi connectivity index (χ3v) is 3.88. The molecule has 1 aromatic rings. The number of halogens is 1. The maximum atomic E-state index is 12.1. The average Bonchev–Trinajstić information content (AvgIpc) is 2.77. The Morgan fingerprint density at radius 2 is 2.15 bits per heavy atom. The first-order valence-electron chi connectivity index (χ1n) is 6.36. The molecule has 0 aliphatic heterocycles. The van der Waals surface area contributed by atoms with Crippen LogP contribution in [0.15, 0.2) is 18.2 Å². The van der Waals surface area contributed by atoms with E-state index in [0.29, 0.717) is 17.3 Å². The van der Waals surface area contributed by atoms with Gasteiger partial charge in [0, 0.05) is 30.0 Å². The van der Waals surface area contributed by atoms with Crippen LogP contribution < -0.4 is 0 Å². The fourth-order valence-corrected chi connectivity index (χ4v) is 2.65. The molecule has 0 fully saturated rings. The molecule has 0 spiro atoms. The zero-order valence-corrected chi connectivity index (χ0v) is 13.1. The molecule has 0 radical (unpaired) electrons. The molecule has 0 unspecified atom stereocenters. The van der Waals surface area contributed by atoms with Crippen LogP contribution in [-0.2, 0) is 9.59 Å². The second kappa shape index (κ2) is 8.07. The van der Waals surface area contributed by atoms with Crippen molar-refractivity contribution in [3.63, 3.8) is 0 Å². The van der Waals surface area contributed by atoms with E-state index in [1.54, 1.807) is 17.0 Å². The SMILES string of the molecule is CC(C)N(CCCC(=O)O)C(=O)/C=C/c1ccc(Cl)s1. The minimum Gasteiger partial charge on any atom is -0.481 e. The van der Waals surface area contributed by atoms with Crippen molar-refractivity contribution >= 4 is 40.9 Å². The highest BCUT2D eigenvalue weighted by atomic mass is 35.5. The lowest BCUT2D eigenvalue weighted by Crippen LogP contribution is -2.36. The molecule has 0 saturated heterocycles. The lowest BCUT2D eigenvalue weighted by Gasteiger charge is -2.25. The number of rotatable bonds is 7. The summed E-state index contributed by atoms with van der Waals surface area (Å²) in [5.74, 6) is -0.958. The molecule has 1 rings (SSSR count). The lowest BCUT2D eigenvalue weighted by molar-refractivity contribution is -0.138. The molecule has 20 heavy (non-hydrogen) atoms. The first-order valence-corrected chi connectivity index (χ1v) is 7.55. The summed E-state index contributed by atoms with van der Waals surface area (Å²) in [7, 11) is 0. The third kappa shape index (κ3) is 5.75. The molecule has 4 nitrogen and oxygen atoms in total. The van der Waals surface area contributed by atoms with Crippen LogP contribution >= 0.6 is 22.9 Å². The van der Waals surface area contributed by atoms with Crippen molar-refractivity contribution in [3.8, 4) is 0 Å². The molecular formula is C14H18ClNO3S. The smallest absolute Gasteiger partial charge is 0.303 e. The molecule has 0 aliphatic rings. The molecule has 0 aromatic carbocycles. The summed E-state index contributed by atoms with van der Waals surface area (Å²) >= 11 is 7.22. The predicted molar refractivity (Wildman–Crippen MR) is 82.1 cm³/mol. The van der Waals surface area contributed by atoms with Crippen molar-refractivity contribution in [1.29, 1.82) is 0 Å². The zero-order chi connectivity index (χ0) is 15.1. The van der Waals surface area contributed by atoms with Crippen molar-refractivity contribution in [1.82, 2.24) is 4.90 Å². The molecule has 6 heteroatoms. The van der Waals surface area contributed by atoms with Crippen molar-refractivity contribution in [2.75, 3.05) is 6.54 Å². The van der Waals surface area contributed by atoms with Crippen LogP contribution in [0.25, 0.3) is 6.08 Å². The number of hydrogen-bond donors (Lipinski definition) is 1. The second-order valence-corrected chi connectivity index (χ2v) is 6.34. The molecule has 0 atom stereocenters. The normalized spacial score (nSPS) is 11.2. The number of carbonyl (C=O) groups excluding carboxylic acids is 1. The Morgan fingerprint density at radius 3 is 2.65 bits per heavy atom. The van der Waals surface area contributed by atoms with Gasteiger partial charge in [0.1, 0.15) is 0 Å². The van der Waals surface area contributed by atoms with Crippen molar-refractivity contribution < 1.29 is 14.7 Å². The molecule has 0 saturated carbocycles. The van der Waals surface area contributed by atoms with Gasteiger partial charge in [0.05, 0.1) is 4.34 Å². The number of nitrogens with zero attached hydrogens (tertiary/aromatic N) is 1. The van der Waals surface area contributed by atoms with Gasteiger partial charge in [-0.25, -0.2) is 0 Å². The van der Waals surface area contributed by atoms with Crippen LogP contribution in [0.3, 0.4) is 0 Å². The summed E-state index contributed by atoms with van der Waals surface area (Å²) in [6.45, 7) is 4.27. The number of aliphatic carboxylic acids is 1. The standard InChI is InChI=1S/C14H18ClNO3S/c1-10(2)16(9-3-4-14(18)19)13(17)8-6-11-5-7-12(15)20-11/h5-8,10H,3-4,9H2,1-2H3,(H,18,19)/b8-6+. The van der Waals surface area contributed by atoms with Gasteiger partial charge in [-0.3, -0.25) is 9.59 Å². The largest absolute Gasteiger partial charge is 0.481 e. The van der Waals surface area contributed by atoms with Gasteiger partial charge < -0.3 is 10.0 Å². The van der Waals surface area contributed by atoms with E-state index in [2.05, 4.69) is 0 Å². The Balaban J connectivity index is 2.59. The van der Waals surface area contributed by atoms with Crippen molar-refractivity contribution in [2.24, 2.45) is 0 Å². The van der Waals surface area contributed by atoms with Gasteiger partial charge in [-0.15, -0.1) is 11.3 Å². The number of thiophene rings is 1. The van der Waals surface area contributed by atoms with Crippen LogP contribution in [-0.4, -0.2) is 34.5 Å². The summed E-state index contributed by atoms with van der Waals surface area (Å²) in [5.41, 5.74) is 0. The average molecular weight is 316 g/mol. The summed E-state index contributed by atoms with van der Waals surface area (Å²) in [6.07, 6.45) is 3.76. The molecule has 1 heterocycles. The highest BCUT2D eigenvalue weighted by Gasteiger charge is 2.14. The number of carboxylic acid groups (broad SMARTS) is 1. The first-order chi connectivity index (χ1) is 9.40. The monoisotopic (exact) mass is 315 g/mol. The molecule has 0 aliphatic carbocycles. The van der Waals surface area contributed by atoms with Gasteiger partial charge in [-0.1, -0.05) is 11.6 Å². The maximum Gasteiger partial charge on any atom is 0.303 e. The summed E-state index contributed by atoms with van der Waals surface area (Å²) < 4.78 is 0.680. The summed E-state index contributed by atoms with van der Waals surface area (Å²) in [6, 6.07) is 3.66. The van der Waals surface area contributed by atoms with E-state index < -0.39 is 5.97 Å². The Kier molecular flexibility index (Phi) is 6.75. The number of carboxylic acids is 1. The molecule has 0 bridgehead atoms. The quantitative estimate of drug-likeness (QED) is 0.783. The van der Waals surface area contributed by atoms with Gasteiger partial charge in [-0.05, 0) is 38.5 Å². The molecular weight excluding hydrogens is 298 g/mol. The zero-order valence-electron chi connectivity index (χ0n) is 11.5. The van der Waals surface area contributed by atoms with E-state index in [1.807, 2.05) is 19.9 Å². The van der Waals surface area contributed by atoms with Crippen LogP contribution in [0.5, 0.6) is 0 Å². The van der Waals surface area contributed by atoms with E-state index in [4.69, 9.17) is 16.7 Å². The van der Waals surface area contributed by atoms with E-state index in [-0.39, 0.29) is 18.4 Å². The summed E-state index contributed by atoms with van der Waals surface area (Å²) in [4.78, 5) is 25.2. The van der Waals surface area contributed by atoms with Crippen molar-refractivity contribution in [2.45, 2.75) is 32.7 Å². The molecule has 110 valence electrons. The van der Waals surface area contributed by atoms with Crippen LogP contribution in [0, 0.1) is 0 Å². The van der Waals surface area contributed by atoms with E-state index in [0.717, 1.165) is 4.88 Å². The highest BCUT2D eigenvalue weighted by molar-refractivity contribution is 7.17. The van der Waals surface area contributed by atoms with Gasteiger partial charge in [0.15, 0.2) is 0 Å². The maximum absolute atomic E-state index is 12.1. The van der Waals surface area contributed by atoms with E-state index in [9.17, 15) is 9.59 Å². The Hall–Kier alpha value is -1.33. The fourth-order valence-electron chi connectivity index (χ4n) is 1.69. The molecule has 1 aromatic heterocycles. The van der Waals surface area contributed by atoms with Crippen LogP contribution in [0.4, 0.5) is 0 Å². The third-order valence-electron chi connectivity index (χ3n) is 2.68. The Labute approximate surface area is 127 Å². The Morgan fingerprint density at radius 1 is 1.45 bits per heavy atom. The Bertz CT molecular complexity index is 496. The fraction of sp³-hybridized carbons (Fsp3) is 0.429. The van der Waals surface area contributed by atoms with Crippen molar-refractivity contribution in [3.05, 3.63) is 27.4 Å². The van der Waals surface area contributed by atoms with Crippen LogP contribution in [0.2, 0.25) is 4.34 Å². The molecule has 1 N–H and O–H groups in total. The van der Waals surface area contributed by atoms with E-state index in [1.165, 1.54) is 17.4 Å². The second-order valence-electron chi connectivity index (χ2n) is 4.60. The summed E-state index contributed by atoms with van der Waals surface area (Å²) in [5, 5.41) is 8.63. The highest BCUT2D eigenvalue weighted by Crippen LogP contribution is 2.22. The van der Waals surface area contributed by atoms with E-state index >= 15 is 0 Å². The van der Waals surface area contributed by atoms with Gasteiger partial charge >= 0.3 is 5.97 Å². The first kappa shape index (κ1) is 16.7. The van der Waals surface area contributed by atoms with Gasteiger partial charge in [-0.2, -0.15) is 0 Å². The van der Waals surface area contributed by atoms with Gasteiger partial charge in [0.25, 0.3) is 0 Å². The predicted octanol–water partition coefficient (Wildman–Crippen LogP) is 3.52. The number of amides is 1. The minimum atomic E-state index is -0.843. The molecule has 1 amide bonds. The minimum absolute atomic E-state index is 0.0351. The number of carbonyl (C=O) groups is 2. The topological polar surface area (TPSA) is 57.6 Å². The lowest BCUT2D eigenvalue weighted by atomic mass is 10.2. The van der Waals surface area contributed by atoms with Crippen LogP contribution in [0.1, 0.15) is 31.6 Å².